The zero-order valence-corrected chi connectivity index (χ0v) is 9.64. The SMILES string of the molecule is CC1=CN(C)C(C)N1C.O=P(O)(O)O. The van der Waals surface area contributed by atoms with Gasteiger partial charge in [0.15, 0.2) is 0 Å². The maximum atomic E-state index is 8.88. The van der Waals surface area contributed by atoms with Crippen LogP contribution in [0.15, 0.2) is 11.9 Å². The molecule has 0 radical (unpaired) electrons. The molecule has 0 saturated heterocycles. The normalized spacial score (nSPS) is 21.6. The van der Waals surface area contributed by atoms with Gasteiger partial charge >= 0.3 is 7.82 Å². The predicted octanol–water partition coefficient (Wildman–Crippen LogP) is 0.142. The van der Waals surface area contributed by atoms with Crippen LogP contribution in [-0.2, 0) is 4.57 Å². The number of nitrogens with zero attached hydrogens (tertiary/aromatic N) is 2. The van der Waals surface area contributed by atoms with Gasteiger partial charge < -0.3 is 24.5 Å². The number of phosphoric acid groups is 1. The maximum Gasteiger partial charge on any atom is 0.466 e. The van der Waals surface area contributed by atoms with Crippen LogP contribution in [0.4, 0.5) is 0 Å². The minimum Gasteiger partial charge on any atom is -0.359 e. The molecule has 0 aliphatic carbocycles. The lowest BCUT2D eigenvalue weighted by atomic mass is 10.5. The first-order valence-electron chi connectivity index (χ1n) is 4.04. The van der Waals surface area contributed by atoms with Gasteiger partial charge in [-0.25, -0.2) is 4.57 Å². The minimum absolute atomic E-state index is 0.532. The monoisotopic (exact) mass is 224 g/mol. The summed E-state index contributed by atoms with van der Waals surface area (Å²) in [6, 6.07) is 0. The summed E-state index contributed by atoms with van der Waals surface area (Å²) in [4.78, 5) is 26.0. The summed E-state index contributed by atoms with van der Waals surface area (Å²) >= 11 is 0. The van der Waals surface area contributed by atoms with Gasteiger partial charge in [-0.2, -0.15) is 0 Å². The molecule has 0 bridgehead atoms. The molecule has 0 saturated carbocycles. The zero-order valence-electron chi connectivity index (χ0n) is 8.75. The van der Waals surface area contributed by atoms with Gasteiger partial charge in [-0.3, -0.25) is 0 Å². The fraction of sp³-hybridized carbons (Fsp3) is 0.714. The van der Waals surface area contributed by atoms with E-state index in [0.717, 1.165) is 0 Å². The Bertz CT molecular complexity index is 254. The number of hydrogen-bond acceptors (Lipinski definition) is 3. The Kier molecular flexibility index (Phi) is 4.61. The van der Waals surface area contributed by atoms with E-state index in [9.17, 15) is 0 Å². The Labute approximate surface area is 83.7 Å². The highest BCUT2D eigenvalue weighted by molar-refractivity contribution is 7.45. The average molecular weight is 224 g/mol. The van der Waals surface area contributed by atoms with E-state index in [2.05, 4.69) is 43.9 Å². The van der Waals surface area contributed by atoms with Crippen LogP contribution in [-0.4, -0.2) is 44.7 Å². The molecule has 84 valence electrons. The van der Waals surface area contributed by atoms with E-state index in [-0.39, 0.29) is 0 Å². The minimum atomic E-state index is -4.64. The molecule has 0 aromatic carbocycles. The van der Waals surface area contributed by atoms with Crippen molar-refractivity contribution >= 4 is 7.82 Å². The standard InChI is InChI=1S/C7H14N2.H3O4P/c1-6-5-8(3)7(2)9(6)4;1-5(2,3)4/h5,7H,1-4H3;(H3,1,2,3,4). The Morgan fingerprint density at radius 1 is 1.36 bits per heavy atom. The summed E-state index contributed by atoms with van der Waals surface area (Å²) in [5.41, 5.74) is 1.34. The molecule has 1 heterocycles. The number of hydrogen-bond donors (Lipinski definition) is 3. The van der Waals surface area contributed by atoms with Gasteiger partial charge in [0, 0.05) is 26.0 Å². The predicted molar refractivity (Wildman–Crippen MR) is 53.0 cm³/mol. The zero-order chi connectivity index (χ0) is 11.5. The second-order valence-electron chi connectivity index (χ2n) is 3.19. The highest BCUT2D eigenvalue weighted by Crippen LogP contribution is 2.25. The van der Waals surface area contributed by atoms with Gasteiger partial charge in [0.1, 0.15) is 0 Å². The van der Waals surface area contributed by atoms with Gasteiger partial charge in [0.25, 0.3) is 0 Å². The van der Waals surface area contributed by atoms with Crippen molar-refractivity contribution in [2.45, 2.75) is 20.0 Å². The van der Waals surface area contributed by atoms with Crippen LogP contribution >= 0.6 is 7.82 Å². The number of allylic oxidation sites excluding steroid dienone is 1. The van der Waals surface area contributed by atoms with Gasteiger partial charge in [-0.05, 0) is 13.8 Å². The molecule has 1 aliphatic heterocycles. The molecular weight excluding hydrogens is 207 g/mol. The van der Waals surface area contributed by atoms with Crippen molar-refractivity contribution in [2.24, 2.45) is 0 Å². The summed E-state index contributed by atoms with van der Waals surface area (Å²) in [5, 5.41) is 0. The highest BCUT2D eigenvalue weighted by Gasteiger charge is 2.18. The van der Waals surface area contributed by atoms with Crippen LogP contribution in [0.25, 0.3) is 0 Å². The van der Waals surface area contributed by atoms with Gasteiger partial charge in [0.2, 0.25) is 0 Å². The first kappa shape index (κ1) is 13.4. The van der Waals surface area contributed by atoms with E-state index in [1.807, 2.05) is 0 Å². The molecule has 0 aromatic rings. The largest absolute Gasteiger partial charge is 0.466 e. The van der Waals surface area contributed by atoms with Gasteiger partial charge in [-0.15, -0.1) is 0 Å². The van der Waals surface area contributed by atoms with Crippen molar-refractivity contribution < 1.29 is 19.2 Å². The second-order valence-corrected chi connectivity index (χ2v) is 4.22. The molecule has 0 fully saturated rings. The molecule has 1 aliphatic rings. The molecule has 0 spiro atoms. The second kappa shape index (κ2) is 4.79. The topological polar surface area (TPSA) is 84.2 Å². The average Bonchev–Trinajstić information content (AvgIpc) is 2.14. The molecule has 0 aromatic heterocycles. The van der Waals surface area contributed by atoms with E-state index in [1.54, 1.807) is 0 Å². The molecule has 1 rings (SSSR count). The van der Waals surface area contributed by atoms with Crippen LogP contribution < -0.4 is 0 Å². The molecule has 0 amide bonds. The molecule has 6 nitrogen and oxygen atoms in total. The molecular formula is C7H17N2O4P. The van der Waals surface area contributed by atoms with Crippen molar-refractivity contribution in [3.63, 3.8) is 0 Å². The van der Waals surface area contributed by atoms with Crippen LogP contribution in [0.1, 0.15) is 13.8 Å². The lowest BCUT2D eigenvalue weighted by Crippen LogP contribution is -2.31. The highest BCUT2D eigenvalue weighted by atomic mass is 31.2. The van der Waals surface area contributed by atoms with E-state index >= 15 is 0 Å². The van der Waals surface area contributed by atoms with Crippen molar-refractivity contribution in [3.05, 3.63) is 11.9 Å². The summed E-state index contributed by atoms with van der Waals surface area (Å²) < 4.78 is 8.88. The van der Waals surface area contributed by atoms with Crippen molar-refractivity contribution in [1.29, 1.82) is 0 Å². The quantitative estimate of drug-likeness (QED) is 0.508. The lowest BCUT2D eigenvalue weighted by Gasteiger charge is -2.24. The van der Waals surface area contributed by atoms with E-state index in [4.69, 9.17) is 19.2 Å². The summed E-state index contributed by atoms with van der Waals surface area (Å²) in [5.74, 6) is 0. The Morgan fingerprint density at radius 2 is 1.71 bits per heavy atom. The van der Waals surface area contributed by atoms with Crippen molar-refractivity contribution in [2.75, 3.05) is 14.1 Å². The van der Waals surface area contributed by atoms with Crippen molar-refractivity contribution in [3.8, 4) is 0 Å². The molecule has 1 atom stereocenters. The Balaban J connectivity index is 0.000000292. The van der Waals surface area contributed by atoms with Crippen LogP contribution in [0.5, 0.6) is 0 Å². The molecule has 14 heavy (non-hydrogen) atoms. The smallest absolute Gasteiger partial charge is 0.359 e. The van der Waals surface area contributed by atoms with Crippen molar-refractivity contribution in [1.82, 2.24) is 9.80 Å². The summed E-state index contributed by atoms with van der Waals surface area (Å²) in [6.07, 6.45) is 2.69. The third-order valence-corrected chi connectivity index (χ3v) is 2.10. The maximum absolute atomic E-state index is 8.88. The van der Waals surface area contributed by atoms with E-state index in [0.29, 0.717) is 6.17 Å². The lowest BCUT2D eigenvalue weighted by molar-refractivity contribution is 0.217. The molecule has 1 unspecified atom stereocenters. The first-order chi connectivity index (χ1) is 6.13. The van der Waals surface area contributed by atoms with E-state index in [1.165, 1.54) is 5.70 Å². The van der Waals surface area contributed by atoms with Crippen LogP contribution in [0.2, 0.25) is 0 Å². The Morgan fingerprint density at radius 3 is 1.79 bits per heavy atom. The third kappa shape index (κ3) is 5.24. The summed E-state index contributed by atoms with van der Waals surface area (Å²) in [7, 11) is -0.433. The summed E-state index contributed by atoms with van der Waals surface area (Å²) in [6.45, 7) is 4.31. The fourth-order valence-corrected chi connectivity index (χ4v) is 1.06. The first-order valence-corrected chi connectivity index (χ1v) is 5.61. The van der Waals surface area contributed by atoms with Crippen LogP contribution in [0.3, 0.4) is 0 Å². The van der Waals surface area contributed by atoms with Gasteiger partial charge in [0.05, 0.1) is 6.17 Å². The molecule has 7 heteroatoms. The Hall–Kier alpha value is -0.550. The van der Waals surface area contributed by atoms with Gasteiger partial charge in [-0.1, -0.05) is 0 Å². The van der Waals surface area contributed by atoms with E-state index < -0.39 is 7.82 Å². The van der Waals surface area contributed by atoms with Crippen LogP contribution in [0, 0.1) is 0 Å². The third-order valence-electron chi connectivity index (χ3n) is 2.10. The number of rotatable bonds is 0. The molecule has 3 N–H and O–H groups in total. The fourth-order valence-electron chi connectivity index (χ4n) is 1.06.